The average Bonchev–Trinajstić information content (AvgIpc) is 3.24. The molecule has 9 heteroatoms. The van der Waals surface area contributed by atoms with Crippen molar-refractivity contribution in [3.05, 3.63) is 71.9 Å². The van der Waals surface area contributed by atoms with Gasteiger partial charge in [-0.2, -0.15) is 10.4 Å². The van der Waals surface area contributed by atoms with Gasteiger partial charge in [-0.3, -0.25) is 4.79 Å². The van der Waals surface area contributed by atoms with Gasteiger partial charge in [0.25, 0.3) is 5.91 Å². The molecule has 1 heterocycles. The van der Waals surface area contributed by atoms with Gasteiger partial charge in [0.2, 0.25) is 0 Å². The van der Waals surface area contributed by atoms with E-state index in [1.165, 1.54) is 30.1 Å². The van der Waals surface area contributed by atoms with Crippen LogP contribution >= 0.6 is 0 Å². The summed E-state index contributed by atoms with van der Waals surface area (Å²) in [6.07, 6.45) is 4.04. The van der Waals surface area contributed by atoms with Gasteiger partial charge in [-0.25, -0.2) is 9.48 Å². The van der Waals surface area contributed by atoms with E-state index in [2.05, 4.69) is 10.4 Å². The van der Waals surface area contributed by atoms with Crippen LogP contribution in [0.1, 0.15) is 11.1 Å². The van der Waals surface area contributed by atoms with Crippen molar-refractivity contribution in [2.75, 3.05) is 26.1 Å². The Kier molecular flexibility index (Phi) is 7.22. The molecule has 3 rings (SSSR count). The molecular weight excluding hydrogens is 412 g/mol. The molecule has 0 aliphatic carbocycles. The second-order valence-corrected chi connectivity index (χ2v) is 6.36. The Morgan fingerprint density at radius 1 is 1.16 bits per heavy atom. The number of amides is 1. The van der Waals surface area contributed by atoms with Crippen LogP contribution in [0.3, 0.4) is 0 Å². The highest BCUT2D eigenvalue weighted by Crippen LogP contribution is 2.25. The number of carbonyl (C=O) groups excluding carboxylic acids is 2. The Morgan fingerprint density at radius 2 is 1.94 bits per heavy atom. The molecule has 2 aromatic carbocycles. The summed E-state index contributed by atoms with van der Waals surface area (Å²) in [6, 6.07) is 16.1. The first kappa shape index (κ1) is 22.1. The molecule has 1 N–H and O–H groups in total. The fourth-order valence-corrected chi connectivity index (χ4v) is 2.78. The minimum atomic E-state index is -0.713. The molecule has 0 saturated heterocycles. The highest BCUT2D eigenvalue weighted by molar-refractivity contribution is 5.95. The summed E-state index contributed by atoms with van der Waals surface area (Å²) in [4.78, 5) is 24.3. The summed E-state index contributed by atoms with van der Waals surface area (Å²) >= 11 is 0. The third-order valence-corrected chi connectivity index (χ3v) is 4.33. The molecular formula is C23H20N4O5. The van der Waals surface area contributed by atoms with Crippen molar-refractivity contribution in [1.82, 2.24) is 9.78 Å². The second kappa shape index (κ2) is 10.4. The maximum atomic E-state index is 12.3. The van der Waals surface area contributed by atoms with Gasteiger partial charge in [-0.05, 0) is 30.3 Å². The van der Waals surface area contributed by atoms with E-state index in [4.69, 9.17) is 14.2 Å². The smallest absolute Gasteiger partial charge is 0.331 e. The monoisotopic (exact) mass is 432 g/mol. The zero-order valence-electron chi connectivity index (χ0n) is 17.4. The van der Waals surface area contributed by atoms with Gasteiger partial charge >= 0.3 is 5.97 Å². The van der Waals surface area contributed by atoms with E-state index in [9.17, 15) is 14.9 Å². The van der Waals surface area contributed by atoms with Crippen LogP contribution in [-0.2, 0) is 14.3 Å². The van der Waals surface area contributed by atoms with Crippen LogP contribution in [-0.4, -0.2) is 42.5 Å². The molecule has 0 aliphatic rings. The largest absolute Gasteiger partial charge is 0.497 e. The predicted molar refractivity (Wildman–Crippen MR) is 116 cm³/mol. The van der Waals surface area contributed by atoms with Crippen LogP contribution in [0.15, 0.2) is 60.8 Å². The molecule has 0 spiro atoms. The Labute approximate surface area is 184 Å². The van der Waals surface area contributed by atoms with Crippen LogP contribution in [0.25, 0.3) is 11.8 Å². The molecule has 0 aliphatic heterocycles. The van der Waals surface area contributed by atoms with Crippen LogP contribution < -0.4 is 14.8 Å². The molecule has 3 aromatic rings. The summed E-state index contributed by atoms with van der Waals surface area (Å²) in [7, 11) is 3.05. The van der Waals surface area contributed by atoms with Gasteiger partial charge in [0.05, 0.1) is 26.1 Å². The Hall–Kier alpha value is -4.58. The quantitative estimate of drug-likeness (QED) is 0.430. The van der Waals surface area contributed by atoms with Crippen molar-refractivity contribution in [1.29, 1.82) is 5.26 Å². The van der Waals surface area contributed by atoms with E-state index >= 15 is 0 Å². The van der Waals surface area contributed by atoms with E-state index in [1.54, 1.807) is 49.6 Å². The van der Waals surface area contributed by atoms with Gasteiger partial charge in [-0.15, -0.1) is 0 Å². The molecule has 0 saturated carbocycles. The van der Waals surface area contributed by atoms with Gasteiger partial charge in [0.15, 0.2) is 12.4 Å². The second-order valence-electron chi connectivity index (χ2n) is 6.36. The number of aromatic nitrogens is 2. The van der Waals surface area contributed by atoms with Crippen molar-refractivity contribution in [2.45, 2.75) is 0 Å². The SMILES string of the molecule is COc1ccc(/C=C/C(=O)OCC(=O)Nc2c(C#N)cnn2-c2ccccc2)c(OC)c1. The van der Waals surface area contributed by atoms with E-state index in [1.807, 2.05) is 12.1 Å². The normalized spacial score (nSPS) is 10.4. The van der Waals surface area contributed by atoms with Crippen molar-refractivity contribution in [3.8, 4) is 23.3 Å². The van der Waals surface area contributed by atoms with Gasteiger partial charge < -0.3 is 19.5 Å². The van der Waals surface area contributed by atoms with E-state index in [-0.39, 0.29) is 11.4 Å². The number of rotatable bonds is 8. The summed E-state index contributed by atoms with van der Waals surface area (Å²) in [5.41, 5.74) is 1.48. The number of anilines is 1. The van der Waals surface area contributed by atoms with Crippen LogP contribution in [0.2, 0.25) is 0 Å². The van der Waals surface area contributed by atoms with E-state index in [0.29, 0.717) is 22.7 Å². The molecule has 32 heavy (non-hydrogen) atoms. The standard InChI is InChI=1S/C23H20N4O5/c1-30-19-10-8-16(20(12-19)31-2)9-11-22(29)32-15-21(28)26-23-17(13-24)14-25-27(23)18-6-4-3-5-7-18/h3-12,14H,15H2,1-2H3,(H,26,28)/b11-9+. The Balaban J connectivity index is 1.62. The number of hydrogen-bond acceptors (Lipinski definition) is 7. The highest BCUT2D eigenvalue weighted by Gasteiger charge is 2.16. The molecule has 162 valence electrons. The van der Waals surface area contributed by atoms with Crippen LogP contribution in [0, 0.1) is 11.3 Å². The zero-order chi connectivity index (χ0) is 22.9. The number of ether oxygens (including phenoxy) is 3. The highest BCUT2D eigenvalue weighted by atomic mass is 16.5. The number of carbonyl (C=O) groups is 2. The number of benzene rings is 2. The first-order valence-corrected chi connectivity index (χ1v) is 9.46. The first-order valence-electron chi connectivity index (χ1n) is 9.46. The third-order valence-electron chi connectivity index (χ3n) is 4.33. The minimum absolute atomic E-state index is 0.181. The third kappa shape index (κ3) is 5.31. The van der Waals surface area contributed by atoms with Crippen molar-refractivity contribution in [3.63, 3.8) is 0 Å². The predicted octanol–water partition coefficient (Wildman–Crippen LogP) is 2.96. The van der Waals surface area contributed by atoms with Crippen molar-refractivity contribution in [2.24, 2.45) is 0 Å². The molecule has 1 amide bonds. The summed E-state index contributed by atoms with van der Waals surface area (Å²) in [5, 5.41) is 16.0. The Bertz CT molecular complexity index is 1180. The number of nitriles is 1. The van der Waals surface area contributed by atoms with Gasteiger partial charge in [-0.1, -0.05) is 18.2 Å². The maximum absolute atomic E-state index is 12.3. The minimum Gasteiger partial charge on any atom is -0.497 e. The van der Waals surface area contributed by atoms with Crippen LogP contribution in [0.5, 0.6) is 11.5 Å². The lowest BCUT2D eigenvalue weighted by Gasteiger charge is -2.09. The van der Waals surface area contributed by atoms with E-state index in [0.717, 1.165) is 0 Å². The zero-order valence-corrected chi connectivity index (χ0v) is 17.4. The number of para-hydroxylation sites is 1. The van der Waals surface area contributed by atoms with Crippen molar-refractivity contribution < 1.29 is 23.8 Å². The lowest BCUT2D eigenvalue weighted by atomic mass is 10.2. The number of methoxy groups -OCH3 is 2. The number of hydrogen-bond donors (Lipinski definition) is 1. The molecule has 0 atom stereocenters. The molecule has 1 aromatic heterocycles. The summed E-state index contributed by atoms with van der Waals surface area (Å²) < 4.78 is 16.8. The topological polar surface area (TPSA) is 115 Å². The van der Waals surface area contributed by atoms with Crippen molar-refractivity contribution >= 4 is 23.8 Å². The molecule has 0 unspecified atom stereocenters. The lowest BCUT2D eigenvalue weighted by Crippen LogP contribution is -2.22. The molecule has 0 radical (unpaired) electrons. The number of esters is 1. The number of nitrogens with zero attached hydrogens (tertiary/aromatic N) is 3. The van der Waals surface area contributed by atoms with Gasteiger partial charge in [0.1, 0.15) is 23.1 Å². The Morgan fingerprint density at radius 3 is 2.62 bits per heavy atom. The maximum Gasteiger partial charge on any atom is 0.331 e. The summed E-state index contributed by atoms with van der Waals surface area (Å²) in [5.74, 6) is 0.00499. The summed E-state index contributed by atoms with van der Waals surface area (Å²) in [6.45, 7) is -0.534. The molecule has 0 bridgehead atoms. The van der Waals surface area contributed by atoms with Gasteiger partial charge in [0, 0.05) is 17.7 Å². The van der Waals surface area contributed by atoms with E-state index < -0.39 is 18.5 Å². The fourth-order valence-electron chi connectivity index (χ4n) is 2.78. The first-order chi connectivity index (χ1) is 15.5. The number of nitrogens with one attached hydrogen (secondary N) is 1. The fraction of sp³-hybridized carbons (Fsp3) is 0.130. The van der Waals surface area contributed by atoms with Crippen LogP contribution in [0.4, 0.5) is 5.82 Å². The molecule has 0 fully saturated rings. The lowest BCUT2D eigenvalue weighted by molar-refractivity contribution is -0.142. The molecule has 9 nitrogen and oxygen atoms in total. The average molecular weight is 432 g/mol.